The van der Waals surface area contributed by atoms with Crippen molar-refractivity contribution in [3.05, 3.63) is 66.2 Å². The van der Waals surface area contributed by atoms with Crippen LogP contribution in [0.25, 0.3) is 0 Å². The molecule has 1 atom stereocenters. The Labute approximate surface area is 159 Å². The molecule has 140 valence electrons. The maximum absolute atomic E-state index is 12.5. The summed E-state index contributed by atoms with van der Waals surface area (Å²) in [5.41, 5.74) is 0.885. The molecule has 5 nitrogen and oxygen atoms in total. The number of carbonyl (C=O) groups is 2. The van der Waals surface area contributed by atoms with E-state index in [4.69, 9.17) is 4.74 Å². The summed E-state index contributed by atoms with van der Waals surface area (Å²) in [5.74, 6) is 0.717. The van der Waals surface area contributed by atoms with Crippen LogP contribution in [-0.2, 0) is 9.59 Å². The monoisotopic (exact) mass is 364 g/mol. The molecule has 2 aromatic carbocycles. The van der Waals surface area contributed by atoms with Crippen LogP contribution in [0.3, 0.4) is 0 Å². The number of para-hydroxylation sites is 1. The van der Waals surface area contributed by atoms with E-state index < -0.39 is 0 Å². The van der Waals surface area contributed by atoms with Crippen LogP contribution in [0.15, 0.2) is 60.7 Å². The van der Waals surface area contributed by atoms with Gasteiger partial charge in [-0.15, -0.1) is 0 Å². The molecule has 4 rings (SSSR count). The number of amides is 2. The van der Waals surface area contributed by atoms with E-state index >= 15 is 0 Å². The molecule has 2 aliphatic heterocycles. The second kappa shape index (κ2) is 7.43. The predicted octanol–water partition coefficient (Wildman–Crippen LogP) is 2.73. The van der Waals surface area contributed by atoms with Crippen LogP contribution in [0, 0.1) is 0 Å². The normalized spacial score (nSPS) is 21.1. The fourth-order valence-corrected chi connectivity index (χ4v) is 4.10. The average Bonchev–Trinajstić information content (AvgIpc) is 3.04. The third-order valence-electron chi connectivity index (χ3n) is 5.68. The molecule has 2 heterocycles. The van der Waals surface area contributed by atoms with Gasteiger partial charge in [-0.1, -0.05) is 48.5 Å². The van der Waals surface area contributed by atoms with E-state index in [1.54, 1.807) is 0 Å². The van der Waals surface area contributed by atoms with Gasteiger partial charge in [-0.05, 0) is 37.0 Å². The number of ether oxygens (including phenoxy) is 1. The predicted molar refractivity (Wildman–Crippen MR) is 102 cm³/mol. The maximum atomic E-state index is 12.5. The van der Waals surface area contributed by atoms with Gasteiger partial charge in [0.1, 0.15) is 5.75 Å². The minimum atomic E-state index is -0.186. The van der Waals surface area contributed by atoms with Gasteiger partial charge in [0.15, 0.2) is 6.61 Å². The number of likely N-dealkylation sites (tertiary alicyclic amines) is 1. The van der Waals surface area contributed by atoms with E-state index in [2.05, 4.69) is 5.32 Å². The van der Waals surface area contributed by atoms with Crippen molar-refractivity contribution in [3.63, 3.8) is 0 Å². The lowest BCUT2D eigenvalue weighted by Gasteiger charge is -2.39. The van der Waals surface area contributed by atoms with E-state index in [0.29, 0.717) is 18.8 Å². The van der Waals surface area contributed by atoms with Crippen LogP contribution in [0.4, 0.5) is 0 Å². The zero-order chi connectivity index (χ0) is 18.7. The maximum Gasteiger partial charge on any atom is 0.260 e. The Morgan fingerprint density at radius 1 is 1.04 bits per heavy atom. The molecule has 5 heteroatoms. The molecule has 0 saturated carbocycles. The summed E-state index contributed by atoms with van der Waals surface area (Å²) in [6, 6.07) is 19.3. The fourth-order valence-electron chi connectivity index (χ4n) is 4.10. The lowest BCUT2D eigenvalue weighted by Crippen LogP contribution is -2.52. The number of rotatable bonds is 4. The third kappa shape index (κ3) is 3.82. The van der Waals surface area contributed by atoms with E-state index in [1.165, 1.54) is 0 Å². The number of nitrogens with one attached hydrogen (secondary N) is 1. The van der Waals surface area contributed by atoms with Crippen molar-refractivity contribution in [2.75, 3.05) is 19.7 Å². The molecule has 2 aromatic rings. The standard InChI is InChI=1S/C22H24N2O3/c25-20(16-27-18-9-5-2-6-10-18)24-13-11-22(12-14-24)15-19(21(26)23-22)17-7-3-1-4-8-17/h1-10,19H,11-16H2,(H,23,26)/t19-/m0/s1. The minimum Gasteiger partial charge on any atom is -0.484 e. The summed E-state index contributed by atoms with van der Waals surface area (Å²) in [7, 11) is 0. The first-order chi connectivity index (χ1) is 13.2. The SMILES string of the molecule is O=C1NC2(CCN(C(=O)COc3ccccc3)CC2)C[C@H]1c1ccccc1. The van der Waals surface area contributed by atoms with E-state index in [0.717, 1.165) is 24.8 Å². The third-order valence-corrected chi connectivity index (χ3v) is 5.68. The highest BCUT2D eigenvalue weighted by molar-refractivity contribution is 5.87. The lowest BCUT2D eigenvalue weighted by atomic mass is 9.82. The smallest absolute Gasteiger partial charge is 0.260 e. The van der Waals surface area contributed by atoms with Crippen LogP contribution >= 0.6 is 0 Å². The Kier molecular flexibility index (Phi) is 4.84. The first-order valence-corrected chi connectivity index (χ1v) is 9.48. The molecule has 27 heavy (non-hydrogen) atoms. The first-order valence-electron chi connectivity index (χ1n) is 9.48. The van der Waals surface area contributed by atoms with Gasteiger partial charge in [0.05, 0.1) is 5.92 Å². The number of piperidine rings is 1. The van der Waals surface area contributed by atoms with Crippen molar-refractivity contribution in [3.8, 4) is 5.75 Å². The molecule has 0 radical (unpaired) electrons. The van der Waals surface area contributed by atoms with Crippen molar-refractivity contribution in [1.29, 1.82) is 0 Å². The molecule has 0 unspecified atom stereocenters. The highest BCUT2D eigenvalue weighted by atomic mass is 16.5. The van der Waals surface area contributed by atoms with Crippen LogP contribution < -0.4 is 10.1 Å². The molecular formula is C22H24N2O3. The Hall–Kier alpha value is -2.82. The number of carbonyl (C=O) groups excluding carboxylic acids is 2. The molecular weight excluding hydrogens is 340 g/mol. The van der Waals surface area contributed by atoms with Gasteiger partial charge in [0.2, 0.25) is 5.91 Å². The molecule has 2 fully saturated rings. The van der Waals surface area contributed by atoms with Gasteiger partial charge in [0.25, 0.3) is 5.91 Å². The summed E-state index contributed by atoms with van der Waals surface area (Å²) >= 11 is 0. The average molecular weight is 364 g/mol. The highest BCUT2D eigenvalue weighted by Gasteiger charge is 2.46. The van der Waals surface area contributed by atoms with Crippen LogP contribution in [0.1, 0.15) is 30.7 Å². The lowest BCUT2D eigenvalue weighted by molar-refractivity contribution is -0.135. The zero-order valence-corrected chi connectivity index (χ0v) is 15.3. The van der Waals surface area contributed by atoms with Crippen LogP contribution in [0.2, 0.25) is 0 Å². The van der Waals surface area contributed by atoms with Gasteiger partial charge >= 0.3 is 0 Å². The largest absolute Gasteiger partial charge is 0.484 e. The molecule has 2 amide bonds. The summed E-state index contributed by atoms with van der Waals surface area (Å²) in [4.78, 5) is 26.8. The van der Waals surface area contributed by atoms with Crippen LogP contribution in [0.5, 0.6) is 5.75 Å². The molecule has 1 spiro atoms. The van der Waals surface area contributed by atoms with Gasteiger partial charge in [-0.2, -0.15) is 0 Å². The van der Waals surface area contributed by atoms with Gasteiger partial charge < -0.3 is 15.0 Å². The zero-order valence-electron chi connectivity index (χ0n) is 15.3. The van der Waals surface area contributed by atoms with Crippen molar-refractivity contribution >= 4 is 11.8 Å². The van der Waals surface area contributed by atoms with Gasteiger partial charge in [0, 0.05) is 18.6 Å². The van der Waals surface area contributed by atoms with Crippen molar-refractivity contribution in [2.24, 2.45) is 0 Å². The summed E-state index contributed by atoms with van der Waals surface area (Å²) in [6.45, 7) is 1.35. The highest BCUT2D eigenvalue weighted by Crippen LogP contribution is 2.39. The van der Waals surface area contributed by atoms with Crippen molar-refractivity contribution in [2.45, 2.75) is 30.7 Å². The minimum absolute atomic E-state index is 0.00219. The van der Waals surface area contributed by atoms with Crippen LogP contribution in [-0.4, -0.2) is 41.9 Å². The Morgan fingerprint density at radius 3 is 2.33 bits per heavy atom. The Morgan fingerprint density at radius 2 is 1.67 bits per heavy atom. The topological polar surface area (TPSA) is 58.6 Å². The Bertz CT molecular complexity index is 799. The molecule has 2 aliphatic rings. The van der Waals surface area contributed by atoms with E-state index in [-0.39, 0.29) is 29.9 Å². The molecule has 2 saturated heterocycles. The number of hydrogen-bond acceptors (Lipinski definition) is 3. The van der Waals surface area contributed by atoms with E-state index in [1.807, 2.05) is 65.6 Å². The van der Waals surface area contributed by atoms with Gasteiger partial charge in [-0.25, -0.2) is 0 Å². The molecule has 0 bridgehead atoms. The number of benzene rings is 2. The Balaban J connectivity index is 1.32. The van der Waals surface area contributed by atoms with Crippen molar-refractivity contribution < 1.29 is 14.3 Å². The summed E-state index contributed by atoms with van der Waals surface area (Å²) < 4.78 is 5.57. The second-order valence-electron chi connectivity index (χ2n) is 7.42. The van der Waals surface area contributed by atoms with E-state index in [9.17, 15) is 9.59 Å². The summed E-state index contributed by atoms with van der Waals surface area (Å²) in [6.07, 6.45) is 2.39. The summed E-state index contributed by atoms with van der Waals surface area (Å²) in [5, 5.41) is 3.23. The second-order valence-corrected chi connectivity index (χ2v) is 7.42. The van der Waals surface area contributed by atoms with Crippen molar-refractivity contribution in [1.82, 2.24) is 10.2 Å². The molecule has 0 aliphatic carbocycles. The number of hydrogen-bond donors (Lipinski definition) is 1. The molecule has 1 N–H and O–H groups in total. The van der Waals surface area contributed by atoms with Gasteiger partial charge in [-0.3, -0.25) is 9.59 Å². The molecule has 0 aromatic heterocycles. The quantitative estimate of drug-likeness (QED) is 0.908. The fraction of sp³-hybridized carbons (Fsp3) is 0.364. The number of nitrogens with zero attached hydrogens (tertiary/aromatic N) is 1. The first kappa shape index (κ1) is 17.6.